The first-order chi connectivity index (χ1) is 13.9. The normalized spacial score (nSPS) is 16.0. The van der Waals surface area contributed by atoms with Crippen LogP contribution < -0.4 is 0 Å². The predicted molar refractivity (Wildman–Crippen MR) is 117 cm³/mol. The Morgan fingerprint density at radius 1 is 1.21 bits per heavy atom. The number of carbonyl (C=O) groups is 2. The Morgan fingerprint density at radius 2 is 1.90 bits per heavy atom. The van der Waals surface area contributed by atoms with E-state index in [0.717, 1.165) is 35.1 Å². The van der Waals surface area contributed by atoms with Crippen molar-refractivity contribution in [2.75, 3.05) is 39.3 Å². The van der Waals surface area contributed by atoms with Gasteiger partial charge >= 0.3 is 0 Å². The van der Waals surface area contributed by atoms with Gasteiger partial charge in [-0.1, -0.05) is 30.4 Å². The summed E-state index contributed by atoms with van der Waals surface area (Å²) in [6, 6.07) is 7.87. The van der Waals surface area contributed by atoms with E-state index in [4.69, 9.17) is 0 Å². The van der Waals surface area contributed by atoms with Gasteiger partial charge in [-0.05, 0) is 32.4 Å². The fourth-order valence-corrected chi connectivity index (χ4v) is 4.00. The van der Waals surface area contributed by atoms with Crippen LogP contribution in [0, 0.1) is 0 Å². The molecule has 3 rings (SSSR count). The molecule has 2 aromatic rings. The molecule has 1 aliphatic heterocycles. The van der Waals surface area contributed by atoms with E-state index < -0.39 is 0 Å². The highest BCUT2D eigenvalue weighted by atomic mass is 16.2. The lowest BCUT2D eigenvalue weighted by Crippen LogP contribution is -2.55. The van der Waals surface area contributed by atoms with Crippen molar-refractivity contribution in [1.29, 1.82) is 0 Å². The van der Waals surface area contributed by atoms with Gasteiger partial charge in [-0.2, -0.15) is 0 Å². The van der Waals surface area contributed by atoms with E-state index in [-0.39, 0.29) is 17.9 Å². The van der Waals surface area contributed by atoms with Crippen molar-refractivity contribution >= 4 is 22.7 Å². The van der Waals surface area contributed by atoms with E-state index >= 15 is 0 Å². The van der Waals surface area contributed by atoms with E-state index in [1.165, 1.54) is 0 Å². The summed E-state index contributed by atoms with van der Waals surface area (Å²) in [6.07, 6.45) is 2.33. The van der Waals surface area contributed by atoms with Crippen LogP contribution in [-0.2, 0) is 16.0 Å². The van der Waals surface area contributed by atoms with Crippen LogP contribution in [0.15, 0.2) is 42.6 Å². The Bertz CT molecular complexity index is 880. The van der Waals surface area contributed by atoms with Crippen LogP contribution in [-0.4, -0.2) is 76.8 Å². The third-order valence-electron chi connectivity index (χ3n) is 5.74. The Morgan fingerprint density at radius 3 is 2.55 bits per heavy atom. The Balaban J connectivity index is 1.55. The Hall–Kier alpha value is -2.60. The second kappa shape index (κ2) is 9.27. The summed E-state index contributed by atoms with van der Waals surface area (Å²) < 4.78 is 0. The molecule has 1 fully saturated rings. The maximum Gasteiger partial charge on any atom is 0.239 e. The lowest BCUT2D eigenvalue weighted by Gasteiger charge is -2.39. The van der Waals surface area contributed by atoms with Gasteiger partial charge in [0.05, 0.1) is 12.5 Å². The number of para-hydroxylation sites is 1. The van der Waals surface area contributed by atoms with Crippen LogP contribution in [0.2, 0.25) is 0 Å². The van der Waals surface area contributed by atoms with Crippen molar-refractivity contribution in [1.82, 2.24) is 19.7 Å². The van der Waals surface area contributed by atoms with Crippen molar-refractivity contribution in [2.45, 2.75) is 33.2 Å². The Kier molecular flexibility index (Phi) is 6.75. The summed E-state index contributed by atoms with van der Waals surface area (Å²) in [4.78, 5) is 34.8. The van der Waals surface area contributed by atoms with Gasteiger partial charge in [-0.25, -0.2) is 0 Å². The minimum Gasteiger partial charge on any atom is -0.361 e. The average Bonchev–Trinajstić information content (AvgIpc) is 3.13. The van der Waals surface area contributed by atoms with Crippen molar-refractivity contribution in [3.8, 4) is 0 Å². The second-order valence-electron chi connectivity index (χ2n) is 7.94. The molecule has 29 heavy (non-hydrogen) atoms. The first kappa shape index (κ1) is 21.1. The zero-order valence-electron chi connectivity index (χ0n) is 17.8. The summed E-state index contributed by atoms with van der Waals surface area (Å²) in [6.45, 7) is 13.9. The molecule has 1 N–H and O–H groups in total. The summed E-state index contributed by atoms with van der Waals surface area (Å²) in [5.41, 5.74) is 3.08. The summed E-state index contributed by atoms with van der Waals surface area (Å²) in [5.74, 6) is 0.278. The molecule has 6 nitrogen and oxygen atoms in total. The number of nitrogens with one attached hydrogen (secondary N) is 1. The standard InChI is InChI=1S/C23H32N4O2/c1-5-25(16-17(2)3)23(29)18(4)26-10-12-27(13-11-26)22(28)14-19-15-24-21-9-7-6-8-20(19)21/h6-9,15,18,24H,2,5,10-14,16H2,1,3-4H3. The number of fused-ring (bicyclic) bond motifs is 1. The highest BCUT2D eigenvalue weighted by Crippen LogP contribution is 2.19. The van der Waals surface area contributed by atoms with E-state index in [1.807, 2.05) is 61.0 Å². The number of rotatable bonds is 7. The SMILES string of the molecule is C=C(C)CN(CC)C(=O)C(C)N1CCN(C(=O)Cc2c[nH]c3ccccc23)CC1. The molecule has 1 atom stereocenters. The molecule has 156 valence electrons. The minimum absolute atomic E-state index is 0.133. The van der Waals surface area contributed by atoms with Gasteiger partial charge in [0, 0.05) is 56.4 Å². The first-order valence-electron chi connectivity index (χ1n) is 10.4. The third kappa shape index (κ3) is 4.88. The van der Waals surface area contributed by atoms with Crippen LogP contribution in [0.1, 0.15) is 26.3 Å². The minimum atomic E-state index is -0.180. The number of hydrogen-bond acceptors (Lipinski definition) is 3. The number of H-pyrrole nitrogens is 1. The van der Waals surface area contributed by atoms with Gasteiger partial charge in [0.1, 0.15) is 0 Å². The topological polar surface area (TPSA) is 59.7 Å². The summed E-state index contributed by atoms with van der Waals surface area (Å²) in [7, 11) is 0. The summed E-state index contributed by atoms with van der Waals surface area (Å²) in [5, 5.41) is 1.11. The zero-order valence-corrected chi connectivity index (χ0v) is 17.8. The number of piperazine rings is 1. The molecule has 0 aliphatic carbocycles. The maximum absolute atomic E-state index is 12.8. The molecule has 6 heteroatoms. The largest absolute Gasteiger partial charge is 0.361 e. The molecule has 1 aliphatic rings. The first-order valence-corrected chi connectivity index (χ1v) is 10.4. The number of aromatic amines is 1. The van der Waals surface area contributed by atoms with Crippen LogP contribution >= 0.6 is 0 Å². The van der Waals surface area contributed by atoms with E-state index in [1.54, 1.807) is 0 Å². The molecule has 0 saturated carbocycles. The van der Waals surface area contributed by atoms with Gasteiger partial charge < -0.3 is 14.8 Å². The number of amides is 2. The number of benzene rings is 1. The van der Waals surface area contributed by atoms with Crippen molar-refractivity contribution in [3.63, 3.8) is 0 Å². The predicted octanol–water partition coefficient (Wildman–Crippen LogP) is 2.67. The van der Waals surface area contributed by atoms with E-state index in [9.17, 15) is 9.59 Å². The fourth-order valence-electron chi connectivity index (χ4n) is 4.00. The molecule has 0 bridgehead atoms. The highest BCUT2D eigenvalue weighted by Gasteiger charge is 2.29. The number of likely N-dealkylation sites (N-methyl/N-ethyl adjacent to an activating group) is 1. The van der Waals surface area contributed by atoms with Crippen molar-refractivity contribution in [3.05, 3.63) is 48.2 Å². The lowest BCUT2D eigenvalue weighted by atomic mass is 10.1. The molecular weight excluding hydrogens is 364 g/mol. The molecule has 1 aromatic heterocycles. The zero-order chi connectivity index (χ0) is 21.0. The van der Waals surface area contributed by atoms with Crippen LogP contribution in [0.5, 0.6) is 0 Å². The highest BCUT2D eigenvalue weighted by molar-refractivity contribution is 5.89. The maximum atomic E-state index is 12.8. The number of carbonyl (C=O) groups excluding carboxylic acids is 2. The quantitative estimate of drug-likeness (QED) is 0.732. The van der Waals surface area contributed by atoms with E-state index in [2.05, 4.69) is 16.5 Å². The molecule has 0 spiro atoms. The third-order valence-corrected chi connectivity index (χ3v) is 5.74. The van der Waals surface area contributed by atoms with Gasteiger partial charge in [0.2, 0.25) is 11.8 Å². The van der Waals surface area contributed by atoms with E-state index in [0.29, 0.717) is 32.6 Å². The molecule has 2 amide bonds. The van der Waals surface area contributed by atoms with Crippen LogP contribution in [0.25, 0.3) is 10.9 Å². The number of aromatic nitrogens is 1. The van der Waals surface area contributed by atoms with Crippen molar-refractivity contribution < 1.29 is 9.59 Å². The molecule has 1 aromatic carbocycles. The molecule has 2 heterocycles. The second-order valence-corrected chi connectivity index (χ2v) is 7.94. The monoisotopic (exact) mass is 396 g/mol. The van der Waals surface area contributed by atoms with Gasteiger partial charge in [0.25, 0.3) is 0 Å². The smallest absolute Gasteiger partial charge is 0.239 e. The van der Waals surface area contributed by atoms with Crippen molar-refractivity contribution in [2.24, 2.45) is 0 Å². The van der Waals surface area contributed by atoms with Gasteiger partial charge in [-0.3, -0.25) is 14.5 Å². The molecular formula is C23H32N4O2. The summed E-state index contributed by atoms with van der Waals surface area (Å²) >= 11 is 0. The molecule has 1 unspecified atom stereocenters. The van der Waals surface area contributed by atoms with Crippen LogP contribution in [0.4, 0.5) is 0 Å². The van der Waals surface area contributed by atoms with Crippen LogP contribution in [0.3, 0.4) is 0 Å². The number of hydrogen-bond donors (Lipinski definition) is 1. The molecule has 0 radical (unpaired) electrons. The number of nitrogens with zero attached hydrogens (tertiary/aromatic N) is 3. The molecule has 1 saturated heterocycles. The Labute approximate surface area is 173 Å². The van der Waals surface area contributed by atoms with Gasteiger partial charge in [-0.15, -0.1) is 0 Å². The fraction of sp³-hybridized carbons (Fsp3) is 0.478. The average molecular weight is 397 g/mol. The lowest BCUT2D eigenvalue weighted by molar-refractivity contribution is -0.138. The van der Waals surface area contributed by atoms with Gasteiger partial charge in [0.15, 0.2) is 0 Å².